The quantitative estimate of drug-likeness (QED) is 0.0262. The summed E-state index contributed by atoms with van der Waals surface area (Å²) in [5, 5.41) is 0. The summed E-state index contributed by atoms with van der Waals surface area (Å²) >= 11 is 0. The molecule has 0 fully saturated rings. The van der Waals surface area contributed by atoms with Crippen LogP contribution >= 0.6 is 0 Å². The molecule has 0 saturated heterocycles. The van der Waals surface area contributed by atoms with E-state index in [2.05, 4.69) is 118 Å². The maximum atomic E-state index is 12.7. The molecular formula is C57H94O6. The van der Waals surface area contributed by atoms with Crippen LogP contribution in [0.3, 0.4) is 0 Å². The molecule has 0 spiro atoms. The first kappa shape index (κ1) is 59.3. The van der Waals surface area contributed by atoms with Crippen molar-refractivity contribution in [3.8, 4) is 0 Å². The lowest BCUT2D eigenvalue weighted by Gasteiger charge is -2.18. The number of hydrogen-bond acceptors (Lipinski definition) is 6. The van der Waals surface area contributed by atoms with Gasteiger partial charge in [-0.2, -0.15) is 0 Å². The molecular weight excluding hydrogens is 781 g/mol. The van der Waals surface area contributed by atoms with Crippen LogP contribution in [0.5, 0.6) is 0 Å². The van der Waals surface area contributed by atoms with Crippen molar-refractivity contribution in [1.82, 2.24) is 0 Å². The van der Waals surface area contributed by atoms with Crippen LogP contribution in [0.2, 0.25) is 0 Å². The summed E-state index contributed by atoms with van der Waals surface area (Å²) in [7, 11) is 0. The Bertz CT molecular complexity index is 1280. The summed E-state index contributed by atoms with van der Waals surface area (Å²) in [6.45, 7) is 6.42. The van der Waals surface area contributed by atoms with Gasteiger partial charge in [0.25, 0.3) is 0 Å². The molecule has 1 atom stereocenters. The first-order valence-corrected chi connectivity index (χ1v) is 25.7. The SMILES string of the molecule is CC/C=C\C/C=C\C/C=C\C/C=C\C/C=C\C/C=C\C/C=C\CCCC(=O)OCC(COC(=O)CCCCCCCCCC)OC(=O)CCCCCCC/C=C\CCCCCCC. The van der Waals surface area contributed by atoms with Crippen LogP contribution in [0.15, 0.2) is 97.2 Å². The Morgan fingerprint density at radius 2 is 0.635 bits per heavy atom. The third kappa shape index (κ3) is 49.2. The van der Waals surface area contributed by atoms with Gasteiger partial charge >= 0.3 is 17.9 Å². The molecule has 0 aliphatic rings. The summed E-state index contributed by atoms with van der Waals surface area (Å²) in [5.74, 6) is -0.978. The smallest absolute Gasteiger partial charge is 0.306 e. The van der Waals surface area contributed by atoms with Crippen LogP contribution < -0.4 is 0 Å². The Balaban J connectivity index is 4.40. The number of allylic oxidation sites excluding steroid dienone is 16. The van der Waals surface area contributed by atoms with Crippen molar-refractivity contribution in [3.05, 3.63) is 97.2 Å². The molecule has 0 saturated carbocycles. The van der Waals surface area contributed by atoms with Gasteiger partial charge in [-0.05, 0) is 96.3 Å². The molecule has 6 heteroatoms. The van der Waals surface area contributed by atoms with E-state index in [-0.39, 0.29) is 37.5 Å². The van der Waals surface area contributed by atoms with Gasteiger partial charge in [0, 0.05) is 19.3 Å². The number of esters is 3. The predicted octanol–water partition coefficient (Wildman–Crippen LogP) is 17.0. The van der Waals surface area contributed by atoms with Gasteiger partial charge < -0.3 is 14.2 Å². The zero-order valence-electron chi connectivity index (χ0n) is 40.8. The number of unbranched alkanes of at least 4 members (excludes halogenated alkanes) is 18. The summed E-state index contributed by atoms with van der Waals surface area (Å²) < 4.78 is 16.7. The van der Waals surface area contributed by atoms with Crippen molar-refractivity contribution in [3.63, 3.8) is 0 Å². The van der Waals surface area contributed by atoms with Crippen molar-refractivity contribution >= 4 is 17.9 Å². The lowest BCUT2D eigenvalue weighted by atomic mass is 10.1. The van der Waals surface area contributed by atoms with Gasteiger partial charge in [-0.3, -0.25) is 14.4 Å². The van der Waals surface area contributed by atoms with E-state index >= 15 is 0 Å². The van der Waals surface area contributed by atoms with E-state index in [0.29, 0.717) is 19.3 Å². The van der Waals surface area contributed by atoms with Crippen molar-refractivity contribution < 1.29 is 28.6 Å². The van der Waals surface area contributed by atoms with E-state index in [1.165, 1.54) is 77.0 Å². The number of ether oxygens (including phenoxy) is 3. The molecule has 0 rings (SSSR count). The molecule has 358 valence electrons. The molecule has 0 amide bonds. The largest absolute Gasteiger partial charge is 0.462 e. The molecule has 0 aromatic carbocycles. The maximum absolute atomic E-state index is 12.7. The fraction of sp³-hybridized carbons (Fsp3) is 0.667. The maximum Gasteiger partial charge on any atom is 0.306 e. The van der Waals surface area contributed by atoms with Crippen LogP contribution in [0.25, 0.3) is 0 Å². The van der Waals surface area contributed by atoms with E-state index in [9.17, 15) is 14.4 Å². The van der Waals surface area contributed by atoms with E-state index in [1.54, 1.807) is 0 Å². The lowest BCUT2D eigenvalue weighted by Crippen LogP contribution is -2.30. The van der Waals surface area contributed by atoms with Crippen LogP contribution in [0, 0.1) is 0 Å². The average molecular weight is 875 g/mol. The number of hydrogen-bond donors (Lipinski definition) is 0. The minimum atomic E-state index is -0.802. The molecule has 6 nitrogen and oxygen atoms in total. The highest BCUT2D eigenvalue weighted by Crippen LogP contribution is 2.13. The van der Waals surface area contributed by atoms with Gasteiger partial charge in [0.1, 0.15) is 13.2 Å². The summed E-state index contributed by atoms with van der Waals surface area (Å²) in [6, 6.07) is 0. The van der Waals surface area contributed by atoms with Crippen LogP contribution in [-0.4, -0.2) is 37.2 Å². The molecule has 0 aliphatic heterocycles. The second-order valence-electron chi connectivity index (χ2n) is 16.7. The van der Waals surface area contributed by atoms with E-state index in [4.69, 9.17) is 14.2 Å². The second kappa shape index (κ2) is 51.0. The zero-order chi connectivity index (χ0) is 45.8. The first-order valence-electron chi connectivity index (χ1n) is 25.7. The Morgan fingerprint density at radius 1 is 0.333 bits per heavy atom. The summed E-state index contributed by atoms with van der Waals surface area (Å²) in [6.07, 6.45) is 66.9. The highest BCUT2D eigenvalue weighted by Gasteiger charge is 2.19. The van der Waals surface area contributed by atoms with Crippen LogP contribution in [0.1, 0.15) is 226 Å². The first-order chi connectivity index (χ1) is 31.0. The zero-order valence-corrected chi connectivity index (χ0v) is 40.8. The molecule has 0 heterocycles. The minimum Gasteiger partial charge on any atom is -0.462 e. The molecule has 0 aromatic heterocycles. The van der Waals surface area contributed by atoms with Gasteiger partial charge in [0.15, 0.2) is 6.10 Å². The van der Waals surface area contributed by atoms with E-state index in [0.717, 1.165) is 103 Å². The molecule has 0 N–H and O–H groups in total. The van der Waals surface area contributed by atoms with E-state index in [1.807, 2.05) is 0 Å². The number of rotatable bonds is 45. The average Bonchev–Trinajstić information content (AvgIpc) is 3.28. The van der Waals surface area contributed by atoms with Crippen molar-refractivity contribution in [2.24, 2.45) is 0 Å². The summed E-state index contributed by atoms with van der Waals surface area (Å²) in [5.41, 5.74) is 0. The minimum absolute atomic E-state index is 0.0987. The Morgan fingerprint density at radius 3 is 1.05 bits per heavy atom. The third-order valence-corrected chi connectivity index (χ3v) is 10.6. The van der Waals surface area contributed by atoms with Crippen LogP contribution in [0.4, 0.5) is 0 Å². The highest BCUT2D eigenvalue weighted by atomic mass is 16.6. The van der Waals surface area contributed by atoms with Gasteiger partial charge in [-0.25, -0.2) is 0 Å². The predicted molar refractivity (Wildman–Crippen MR) is 270 cm³/mol. The van der Waals surface area contributed by atoms with Crippen LogP contribution in [-0.2, 0) is 28.6 Å². The molecule has 0 aliphatic carbocycles. The monoisotopic (exact) mass is 875 g/mol. The van der Waals surface area contributed by atoms with Crippen molar-refractivity contribution in [2.75, 3.05) is 13.2 Å². The molecule has 63 heavy (non-hydrogen) atoms. The molecule has 0 bridgehead atoms. The van der Waals surface area contributed by atoms with E-state index < -0.39 is 6.10 Å². The Labute approximate surface area is 387 Å². The topological polar surface area (TPSA) is 78.9 Å². The fourth-order valence-electron chi connectivity index (χ4n) is 6.72. The van der Waals surface area contributed by atoms with Crippen molar-refractivity contribution in [1.29, 1.82) is 0 Å². The molecule has 0 radical (unpaired) electrons. The number of carbonyl (C=O) groups is 3. The molecule has 0 aromatic rings. The summed E-state index contributed by atoms with van der Waals surface area (Å²) in [4.78, 5) is 37.8. The van der Waals surface area contributed by atoms with Gasteiger partial charge in [0.05, 0.1) is 0 Å². The highest BCUT2D eigenvalue weighted by molar-refractivity contribution is 5.71. The third-order valence-electron chi connectivity index (χ3n) is 10.6. The van der Waals surface area contributed by atoms with Gasteiger partial charge in [0.2, 0.25) is 0 Å². The number of carbonyl (C=O) groups excluding carboxylic acids is 3. The standard InChI is InChI=1S/C57H94O6/c1-4-7-10-13-16-19-21-23-25-26-27-28-29-30-31-32-33-35-36-38-41-44-47-50-56(59)62-53-54(52-61-55(58)49-46-43-40-18-15-12-9-6-3)63-57(60)51-48-45-42-39-37-34-24-22-20-17-14-11-8-5-2/h7,10,16,19,22-25,27-28,30-31,33,35,38,41,54H,4-6,8-9,11-15,17-18,20-21,26,29,32,34,36-37,39-40,42-53H2,1-3H3/b10-7-,19-16-,24-22-,25-23-,28-27-,31-30-,35-33-,41-38-. The molecule has 1 unspecified atom stereocenters. The lowest BCUT2D eigenvalue weighted by molar-refractivity contribution is -0.167. The second-order valence-corrected chi connectivity index (χ2v) is 16.7. The van der Waals surface area contributed by atoms with Crippen molar-refractivity contribution in [2.45, 2.75) is 232 Å². The fourth-order valence-corrected chi connectivity index (χ4v) is 6.72. The Hall–Kier alpha value is -3.67. The van der Waals surface area contributed by atoms with Gasteiger partial charge in [-0.1, -0.05) is 208 Å². The Kier molecular flexibility index (Phi) is 48.0. The van der Waals surface area contributed by atoms with Gasteiger partial charge in [-0.15, -0.1) is 0 Å². The normalized spacial score (nSPS) is 12.9.